The van der Waals surface area contributed by atoms with E-state index in [1.165, 1.54) is 4.68 Å². The van der Waals surface area contributed by atoms with Gasteiger partial charge < -0.3 is 5.11 Å². The maximum atomic E-state index is 13.0. The number of hydrogen-bond donors (Lipinski definition) is 2. The van der Waals surface area contributed by atoms with Gasteiger partial charge in [0, 0.05) is 11.6 Å². The topological polar surface area (TPSA) is 56.2 Å². The lowest BCUT2D eigenvalue weighted by molar-refractivity contribution is -0.532. The molecule has 1 heterocycles. The van der Waals surface area contributed by atoms with Crippen molar-refractivity contribution in [2.45, 2.75) is 0 Å². The Morgan fingerprint density at radius 1 is 0.679 bits per heavy atom. The molecule has 28 heavy (non-hydrogen) atoms. The monoisotopic (exact) mass is 367 g/mol. The summed E-state index contributed by atoms with van der Waals surface area (Å²) in [5.74, 6) is -0.0904. The van der Waals surface area contributed by atoms with Crippen molar-refractivity contribution in [3.05, 3.63) is 119 Å². The molecule has 0 amide bonds. The normalized spacial score (nSPS) is 11.4. The number of nitrogens with one attached hydrogen (secondary N) is 1. The second kappa shape index (κ2) is 7.76. The van der Waals surface area contributed by atoms with E-state index in [0.29, 0.717) is 11.3 Å². The molecule has 136 valence electrons. The number of aliphatic hydroxyl groups excluding tert-OH is 1. The van der Waals surface area contributed by atoms with Crippen LogP contribution in [-0.2, 0) is 0 Å². The Bertz CT molecular complexity index is 1170. The highest BCUT2D eigenvalue weighted by Crippen LogP contribution is 2.23. The summed E-state index contributed by atoms with van der Waals surface area (Å²) in [7, 11) is 0. The number of nitrogens with zero attached hydrogens (tertiary/aromatic N) is 1. The van der Waals surface area contributed by atoms with Crippen LogP contribution in [-0.4, -0.2) is 15.7 Å². The Kier molecular flexibility index (Phi) is 4.85. The molecule has 0 fully saturated rings. The van der Waals surface area contributed by atoms with Gasteiger partial charge in [0.25, 0.3) is 0 Å². The number of pyridine rings is 1. The maximum absolute atomic E-state index is 13.0. The van der Waals surface area contributed by atoms with Crippen LogP contribution in [0.5, 0.6) is 0 Å². The molecule has 0 radical (unpaired) electrons. The smallest absolute Gasteiger partial charge is 0.394 e. The van der Waals surface area contributed by atoms with Crippen LogP contribution in [0.4, 0.5) is 0 Å². The Labute approximate surface area is 162 Å². The van der Waals surface area contributed by atoms with Crippen LogP contribution in [0.1, 0.15) is 5.56 Å². The molecule has 2 N–H and O–H groups in total. The zero-order valence-electron chi connectivity index (χ0n) is 15.1. The van der Waals surface area contributed by atoms with Gasteiger partial charge in [-0.1, -0.05) is 88.6 Å². The van der Waals surface area contributed by atoms with Gasteiger partial charge in [0.15, 0.2) is 0 Å². The minimum atomic E-state index is -0.261. The molecule has 0 aliphatic rings. The molecule has 3 aromatic carbocycles. The molecule has 0 unspecified atom stereocenters. The lowest BCUT2D eigenvalue weighted by Crippen LogP contribution is -2.80. The lowest BCUT2D eigenvalue weighted by Gasteiger charge is -2.08. The first-order valence-electron chi connectivity index (χ1n) is 8.99. The van der Waals surface area contributed by atoms with Crippen molar-refractivity contribution in [3.63, 3.8) is 0 Å². The van der Waals surface area contributed by atoms with Gasteiger partial charge in [-0.2, -0.15) is 0 Å². The van der Waals surface area contributed by atoms with E-state index in [1.807, 2.05) is 84.9 Å². The molecule has 0 aliphatic heterocycles. The molecule has 0 spiro atoms. The summed E-state index contributed by atoms with van der Waals surface area (Å²) in [6, 6.07) is 31.9. The van der Waals surface area contributed by atoms with Crippen molar-refractivity contribution in [2.24, 2.45) is 0 Å². The fraction of sp³-hybridized carbons (Fsp3) is 0. The summed E-state index contributed by atoms with van der Waals surface area (Å²) in [6.45, 7) is 0. The molecule has 4 heteroatoms. The van der Waals surface area contributed by atoms with Crippen LogP contribution in [0.3, 0.4) is 0 Å². The van der Waals surface area contributed by atoms with Gasteiger partial charge in [-0.15, -0.1) is 0 Å². The van der Waals surface area contributed by atoms with Crippen molar-refractivity contribution in [2.75, 3.05) is 0 Å². The Balaban J connectivity index is 1.92. The van der Waals surface area contributed by atoms with E-state index in [1.54, 1.807) is 18.2 Å². The predicted octanol–water partition coefficient (Wildman–Crippen LogP) is 3.03. The van der Waals surface area contributed by atoms with E-state index in [0.717, 1.165) is 16.7 Å². The summed E-state index contributed by atoms with van der Waals surface area (Å²) in [6.07, 6.45) is 0. The number of benzene rings is 3. The summed E-state index contributed by atoms with van der Waals surface area (Å²) in [5.41, 5.74) is 3.64. The van der Waals surface area contributed by atoms with Gasteiger partial charge in [-0.3, -0.25) is 4.79 Å². The summed E-state index contributed by atoms with van der Waals surface area (Å²) < 4.78 is 1.37. The predicted molar refractivity (Wildman–Crippen MR) is 111 cm³/mol. The maximum Gasteiger partial charge on any atom is 0.394 e. The zero-order valence-corrected chi connectivity index (χ0v) is 15.1. The molecule has 0 bridgehead atoms. The first kappa shape index (κ1) is 17.5. The first-order chi connectivity index (χ1) is 13.7. The molecular weight excluding hydrogens is 348 g/mol. The summed E-state index contributed by atoms with van der Waals surface area (Å²) in [5, 5.41) is 13.4. The minimum absolute atomic E-state index is 0.0904. The van der Waals surface area contributed by atoms with E-state index in [2.05, 4.69) is 5.10 Å². The molecule has 0 aliphatic carbocycles. The highest BCUT2D eigenvalue weighted by Gasteiger charge is 2.16. The third kappa shape index (κ3) is 3.62. The highest BCUT2D eigenvalue weighted by atomic mass is 16.3. The molecule has 0 saturated heterocycles. The Hall–Kier alpha value is -3.92. The lowest BCUT2D eigenvalue weighted by atomic mass is 10.0. The van der Waals surface area contributed by atoms with Gasteiger partial charge in [-0.05, 0) is 29.3 Å². The van der Waals surface area contributed by atoms with E-state index in [-0.39, 0.29) is 11.5 Å². The van der Waals surface area contributed by atoms with Crippen LogP contribution < -0.4 is 10.7 Å². The standard InChI is InChI=1S/C24H18N2O2/c27-23-17-21(18-10-4-1-5-11-18)16-22(19-12-6-2-7-13-19)26(23)25-24(28)20-14-8-3-9-15-20/h1-17H,(H,25,28)/p+1. The number of aliphatic hydroxyl groups is 1. The van der Waals surface area contributed by atoms with Gasteiger partial charge in [0.2, 0.25) is 0 Å². The zero-order chi connectivity index (χ0) is 19.3. The van der Waals surface area contributed by atoms with Crippen molar-refractivity contribution in [1.29, 1.82) is 0 Å². The number of hydrogen-bond acceptors (Lipinski definition) is 1. The van der Waals surface area contributed by atoms with E-state index < -0.39 is 0 Å². The summed E-state index contributed by atoms with van der Waals surface area (Å²) in [4.78, 5) is 13.0. The van der Waals surface area contributed by atoms with E-state index >= 15 is 0 Å². The van der Waals surface area contributed by atoms with Gasteiger partial charge in [0.05, 0.1) is 5.56 Å². The number of rotatable bonds is 4. The fourth-order valence-electron chi connectivity index (χ4n) is 3.07. The number of aromatic nitrogens is 1. The first-order valence-corrected chi connectivity index (χ1v) is 8.99. The molecule has 1 aromatic heterocycles. The quantitative estimate of drug-likeness (QED) is 0.430. The molecule has 4 rings (SSSR count). The second-order valence-electron chi connectivity index (χ2n) is 6.36. The SMILES string of the molecule is O=c1cc(-c2ccccc2)cc(-c2ccccc2)n1/[NH+]=C(\O)c1ccccc1. The van der Waals surface area contributed by atoms with Gasteiger partial charge in [0.1, 0.15) is 5.69 Å². The van der Waals surface area contributed by atoms with Crippen molar-refractivity contribution in [3.8, 4) is 22.4 Å². The van der Waals surface area contributed by atoms with Crippen molar-refractivity contribution in [1.82, 2.24) is 4.68 Å². The minimum Gasteiger partial charge on any atom is -0.458 e. The van der Waals surface area contributed by atoms with E-state index in [4.69, 9.17) is 0 Å². The largest absolute Gasteiger partial charge is 0.458 e. The Morgan fingerprint density at radius 2 is 1.21 bits per heavy atom. The average molecular weight is 367 g/mol. The molecule has 4 nitrogen and oxygen atoms in total. The molecular formula is C24H19N2O2+. The highest BCUT2D eigenvalue weighted by molar-refractivity contribution is 5.87. The third-order valence-electron chi connectivity index (χ3n) is 4.47. The Morgan fingerprint density at radius 3 is 1.82 bits per heavy atom. The summed E-state index contributed by atoms with van der Waals surface area (Å²) >= 11 is 0. The second-order valence-corrected chi connectivity index (χ2v) is 6.36. The fourth-order valence-corrected chi connectivity index (χ4v) is 3.07. The van der Waals surface area contributed by atoms with Crippen molar-refractivity contribution < 1.29 is 10.2 Å². The van der Waals surface area contributed by atoms with Crippen LogP contribution in [0.2, 0.25) is 0 Å². The van der Waals surface area contributed by atoms with Crippen LogP contribution in [0.25, 0.3) is 22.4 Å². The molecule has 0 saturated carbocycles. The average Bonchev–Trinajstić information content (AvgIpc) is 2.76. The van der Waals surface area contributed by atoms with Crippen LogP contribution >= 0.6 is 0 Å². The molecule has 4 aromatic rings. The van der Waals surface area contributed by atoms with Crippen LogP contribution in [0, 0.1) is 0 Å². The van der Waals surface area contributed by atoms with Crippen molar-refractivity contribution >= 4 is 5.90 Å². The van der Waals surface area contributed by atoms with Crippen LogP contribution in [0.15, 0.2) is 108 Å². The molecule has 0 atom stereocenters. The van der Waals surface area contributed by atoms with E-state index in [9.17, 15) is 9.90 Å². The van der Waals surface area contributed by atoms with Gasteiger partial charge in [-0.25, -0.2) is 0 Å². The van der Waals surface area contributed by atoms with Gasteiger partial charge >= 0.3 is 11.5 Å². The third-order valence-corrected chi connectivity index (χ3v) is 4.47.